The zero-order chi connectivity index (χ0) is 13.8. The van der Waals surface area contributed by atoms with Gasteiger partial charge in [-0.2, -0.15) is 0 Å². The monoisotopic (exact) mass is 282 g/mol. The summed E-state index contributed by atoms with van der Waals surface area (Å²) in [6.07, 6.45) is 0. The second kappa shape index (κ2) is 6.60. The van der Waals surface area contributed by atoms with Crippen molar-refractivity contribution in [3.05, 3.63) is 28.8 Å². The number of halogens is 1. The molecular weight excluding hydrogens is 260 g/mol. The van der Waals surface area contributed by atoms with Gasteiger partial charge in [0.1, 0.15) is 0 Å². The second-order valence-electron chi connectivity index (χ2n) is 5.43. The van der Waals surface area contributed by atoms with Crippen molar-refractivity contribution in [1.82, 2.24) is 5.32 Å². The minimum atomic E-state index is 0.394. The lowest BCUT2D eigenvalue weighted by atomic mass is 10.1. The van der Waals surface area contributed by atoms with Gasteiger partial charge in [0.15, 0.2) is 0 Å². The number of anilines is 1. The van der Waals surface area contributed by atoms with Crippen LogP contribution >= 0.6 is 11.6 Å². The van der Waals surface area contributed by atoms with E-state index in [0.29, 0.717) is 12.1 Å². The first-order valence-electron chi connectivity index (χ1n) is 6.94. The van der Waals surface area contributed by atoms with E-state index in [2.05, 4.69) is 43.1 Å². The third kappa shape index (κ3) is 3.85. The lowest BCUT2D eigenvalue weighted by Gasteiger charge is -2.36. The Hall–Kier alpha value is -0.770. The Morgan fingerprint density at radius 2 is 2.26 bits per heavy atom. The zero-order valence-corrected chi connectivity index (χ0v) is 12.7. The van der Waals surface area contributed by atoms with Crippen LogP contribution in [0.4, 0.5) is 5.69 Å². The summed E-state index contributed by atoms with van der Waals surface area (Å²) < 4.78 is 5.51. The molecule has 0 radical (unpaired) electrons. The molecule has 1 aromatic rings. The molecule has 0 amide bonds. The maximum atomic E-state index is 6.17. The van der Waals surface area contributed by atoms with E-state index in [1.54, 1.807) is 0 Å². The van der Waals surface area contributed by atoms with E-state index in [4.69, 9.17) is 16.3 Å². The van der Waals surface area contributed by atoms with Gasteiger partial charge < -0.3 is 15.0 Å². The number of hydrogen-bond donors (Lipinski definition) is 1. The zero-order valence-electron chi connectivity index (χ0n) is 11.9. The predicted octanol–water partition coefficient (Wildman–Crippen LogP) is 3.06. The van der Waals surface area contributed by atoms with Crippen LogP contribution in [0.2, 0.25) is 5.02 Å². The van der Waals surface area contributed by atoms with E-state index in [1.165, 1.54) is 11.3 Å². The van der Waals surface area contributed by atoms with Crippen LogP contribution in [-0.2, 0) is 11.3 Å². The third-order valence-electron chi connectivity index (χ3n) is 3.43. The highest BCUT2D eigenvalue weighted by atomic mass is 35.5. The van der Waals surface area contributed by atoms with Gasteiger partial charge in [0.05, 0.1) is 13.2 Å². The molecule has 1 aliphatic rings. The van der Waals surface area contributed by atoms with Crippen molar-refractivity contribution in [2.75, 3.05) is 24.7 Å². The minimum Gasteiger partial charge on any atom is -0.377 e. The number of hydrogen-bond acceptors (Lipinski definition) is 3. The first-order chi connectivity index (χ1) is 9.08. The smallest absolute Gasteiger partial charge is 0.0668 e. The van der Waals surface area contributed by atoms with Crippen LogP contribution in [-0.4, -0.2) is 31.8 Å². The Morgan fingerprint density at radius 3 is 2.95 bits per heavy atom. The average Bonchev–Trinajstić information content (AvgIpc) is 2.37. The molecule has 1 aliphatic heterocycles. The molecule has 0 aromatic heterocycles. The standard InChI is InChI=1S/C15H23ClN2O/c1-11(2)17-9-13-4-5-14(16)8-15(13)18-6-7-19-10-12(18)3/h4-5,8,11-12,17H,6-7,9-10H2,1-3H3. The number of nitrogens with one attached hydrogen (secondary N) is 1. The summed E-state index contributed by atoms with van der Waals surface area (Å²) in [4.78, 5) is 2.40. The van der Waals surface area contributed by atoms with Crippen molar-refractivity contribution in [1.29, 1.82) is 0 Å². The molecule has 0 bridgehead atoms. The highest BCUT2D eigenvalue weighted by molar-refractivity contribution is 6.30. The average molecular weight is 283 g/mol. The Balaban J connectivity index is 2.23. The van der Waals surface area contributed by atoms with Crippen LogP contribution in [0.15, 0.2) is 18.2 Å². The van der Waals surface area contributed by atoms with Gasteiger partial charge in [-0.1, -0.05) is 31.5 Å². The summed E-state index contributed by atoms with van der Waals surface area (Å²) in [6.45, 7) is 9.88. The first-order valence-corrected chi connectivity index (χ1v) is 7.32. The van der Waals surface area contributed by atoms with E-state index in [9.17, 15) is 0 Å². The summed E-state index contributed by atoms with van der Waals surface area (Å²) in [5.74, 6) is 0. The molecular formula is C15H23ClN2O. The number of morpholine rings is 1. The molecule has 1 unspecified atom stereocenters. The predicted molar refractivity (Wildman–Crippen MR) is 81.1 cm³/mol. The molecule has 1 fully saturated rings. The minimum absolute atomic E-state index is 0.394. The molecule has 0 spiro atoms. The number of nitrogens with zero attached hydrogens (tertiary/aromatic N) is 1. The van der Waals surface area contributed by atoms with Crippen molar-refractivity contribution in [3.63, 3.8) is 0 Å². The third-order valence-corrected chi connectivity index (χ3v) is 3.66. The van der Waals surface area contributed by atoms with Gasteiger partial charge in [0, 0.05) is 35.9 Å². The van der Waals surface area contributed by atoms with E-state index in [1.807, 2.05) is 6.07 Å². The van der Waals surface area contributed by atoms with Gasteiger partial charge in [0.2, 0.25) is 0 Å². The summed E-state index contributed by atoms with van der Waals surface area (Å²) in [7, 11) is 0. The van der Waals surface area contributed by atoms with Crippen molar-refractivity contribution in [3.8, 4) is 0 Å². The summed E-state index contributed by atoms with van der Waals surface area (Å²) in [6, 6.07) is 7.03. The summed E-state index contributed by atoms with van der Waals surface area (Å²) >= 11 is 6.17. The Kier molecular flexibility index (Phi) is 5.08. The fraction of sp³-hybridized carbons (Fsp3) is 0.600. The van der Waals surface area contributed by atoms with Gasteiger partial charge >= 0.3 is 0 Å². The Labute approximate surface area is 120 Å². The SMILES string of the molecule is CC(C)NCc1ccc(Cl)cc1N1CCOCC1C. The molecule has 0 saturated carbocycles. The molecule has 106 valence electrons. The largest absolute Gasteiger partial charge is 0.377 e. The molecule has 4 heteroatoms. The number of rotatable bonds is 4. The summed E-state index contributed by atoms with van der Waals surface area (Å²) in [5.41, 5.74) is 2.53. The second-order valence-corrected chi connectivity index (χ2v) is 5.86. The first kappa shape index (κ1) is 14.6. The van der Waals surface area contributed by atoms with Crippen LogP contribution in [0.1, 0.15) is 26.3 Å². The molecule has 1 aromatic carbocycles. The lowest BCUT2D eigenvalue weighted by molar-refractivity contribution is 0.0988. The molecule has 1 atom stereocenters. The summed E-state index contributed by atoms with van der Waals surface area (Å²) in [5, 5.41) is 4.27. The highest BCUT2D eigenvalue weighted by Gasteiger charge is 2.21. The Bertz CT molecular complexity index is 423. The Morgan fingerprint density at radius 1 is 1.47 bits per heavy atom. The van der Waals surface area contributed by atoms with Crippen molar-refractivity contribution in [2.45, 2.75) is 39.4 Å². The van der Waals surface area contributed by atoms with E-state index in [0.717, 1.165) is 31.3 Å². The van der Waals surface area contributed by atoms with Crippen molar-refractivity contribution >= 4 is 17.3 Å². The number of ether oxygens (including phenoxy) is 1. The number of benzene rings is 1. The van der Waals surface area contributed by atoms with Crippen LogP contribution < -0.4 is 10.2 Å². The maximum absolute atomic E-state index is 6.17. The highest BCUT2D eigenvalue weighted by Crippen LogP contribution is 2.28. The molecule has 3 nitrogen and oxygen atoms in total. The maximum Gasteiger partial charge on any atom is 0.0668 e. The van der Waals surface area contributed by atoms with Crippen LogP contribution in [0, 0.1) is 0 Å². The van der Waals surface area contributed by atoms with E-state index >= 15 is 0 Å². The van der Waals surface area contributed by atoms with E-state index in [-0.39, 0.29) is 0 Å². The van der Waals surface area contributed by atoms with E-state index < -0.39 is 0 Å². The van der Waals surface area contributed by atoms with Gasteiger partial charge in [-0.15, -0.1) is 0 Å². The fourth-order valence-electron chi connectivity index (χ4n) is 2.35. The molecule has 2 rings (SSSR count). The van der Waals surface area contributed by atoms with Gasteiger partial charge in [-0.25, -0.2) is 0 Å². The van der Waals surface area contributed by atoms with Gasteiger partial charge in [0.25, 0.3) is 0 Å². The molecule has 1 N–H and O–H groups in total. The quantitative estimate of drug-likeness (QED) is 0.919. The lowest BCUT2D eigenvalue weighted by Crippen LogP contribution is -2.44. The van der Waals surface area contributed by atoms with Crippen LogP contribution in [0.25, 0.3) is 0 Å². The fourth-order valence-corrected chi connectivity index (χ4v) is 2.52. The normalized spacial score (nSPS) is 20.1. The van der Waals surface area contributed by atoms with Gasteiger partial charge in [-0.05, 0) is 24.6 Å². The van der Waals surface area contributed by atoms with Crippen LogP contribution in [0.5, 0.6) is 0 Å². The molecule has 19 heavy (non-hydrogen) atoms. The van der Waals surface area contributed by atoms with Crippen molar-refractivity contribution < 1.29 is 4.74 Å². The van der Waals surface area contributed by atoms with Crippen molar-refractivity contribution in [2.24, 2.45) is 0 Å². The molecule has 0 aliphatic carbocycles. The molecule has 1 saturated heterocycles. The van der Waals surface area contributed by atoms with Gasteiger partial charge in [-0.3, -0.25) is 0 Å². The van der Waals surface area contributed by atoms with Crippen LogP contribution in [0.3, 0.4) is 0 Å². The topological polar surface area (TPSA) is 24.5 Å². The molecule has 1 heterocycles.